The first-order valence-corrected chi connectivity index (χ1v) is 6.93. The summed E-state index contributed by atoms with van der Waals surface area (Å²) in [6, 6.07) is 6.04. The van der Waals surface area contributed by atoms with Gasteiger partial charge in [-0.25, -0.2) is 0 Å². The quantitative estimate of drug-likeness (QED) is 0.823. The minimum absolute atomic E-state index is 0.0307. The molecule has 0 aliphatic carbocycles. The number of nitrogens with zero attached hydrogens (tertiary/aromatic N) is 1. The van der Waals surface area contributed by atoms with Crippen LogP contribution in [0.4, 0.5) is 0 Å². The number of benzene rings is 1. The number of nitrogens with one attached hydrogen (secondary N) is 1. The normalized spacial score (nSPS) is 13.2. The third-order valence-corrected chi connectivity index (χ3v) is 3.53. The molecule has 1 aromatic rings. The molecule has 0 saturated heterocycles. The van der Waals surface area contributed by atoms with Gasteiger partial charge in [0.15, 0.2) is 0 Å². The van der Waals surface area contributed by atoms with Gasteiger partial charge in [0, 0.05) is 13.6 Å². The third kappa shape index (κ3) is 3.92. The van der Waals surface area contributed by atoms with Crippen molar-refractivity contribution < 1.29 is 14.3 Å². The molecule has 1 aliphatic heterocycles. The van der Waals surface area contributed by atoms with Crippen molar-refractivity contribution in [3.05, 3.63) is 47.5 Å². The van der Waals surface area contributed by atoms with Crippen LogP contribution in [0, 0.1) is 0 Å². The molecule has 0 atom stereocenters. The Bertz CT molecular complexity index is 554. The Labute approximate surface area is 124 Å². The molecule has 2 rings (SSSR count). The molecule has 1 aromatic carbocycles. The van der Waals surface area contributed by atoms with Crippen molar-refractivity contribution in [3.8, 4) is 0 Å². The largest absolute Gasteiger partial charge is 0.376 e. The van der Waals surface area contributed by atoms with Gasteiger partial charge in [-0.15, -0.1) is 0 Å². The fourth-order valence-electron chi connectivity index (χ4n) is 2.37. The Kier molecular flexibility index (Phi) is 5.11. The van der Waals surface area contributed by atoms with Crippen LogP contribution in [-0.2, 0) is 33.9 Å². The molecule has 21 heavy (non-hydrogen) atoms. The molecule has 1 N–H and O–H groups in total. The zero-order valence-corrected chi connectivity index (χ0v) is 12.2. The van der Waals surface area contributed by atoms with E-state index in [-0.39, 0.29) is 18.4 Å². The molecular formula is C16H20N2O3. The Morgan fingerprint density at radius 2 is 2.29 bits per heavy atom. The predicted octanol–water partition coefficient (Wildman–Crippen LogP) is 1.02. The second-order valence-electron chi connectivity index (χ2n) is 5.03. The highest BCUT2D eigenvalue weighted by molar-refractivity contribution is 5.90. The summed E-state index contributed by atoms with van der Waals surface area (Å²) in [6.45, 7) is 5.25. The maximum Gasteiger partial charge on any atom is 0.246 e. The van der Waals surface area contributed by atoms with E-state index in [1.807, 2.05) is 12.1 Å². The molecule has 5 heteroatoms. The smallest absolute Gasteiger partial charge is 0.246 e. The van der Waals surface area contributed by atoms with Gasteiger partial charge in [0.2, 0.25) is 11.8 Å². The fourth-order valence-corrected chi connectivity index (χ4v) is 2.37. The van der Waals surface area contributed by atoms with Crippen molar-refractivity contribution in [2.75, 3.05) is 20.2 Å². The van der Waals surface area contributed by atoms with Gasteiger partial charge in [-0.1, -0.05) is 24.8 Å². The zero-order valence-electron chi connectivity index (χ0n) is 12.2. The molecule has 0 fully saturated rings. The molecule has 0 radical (unpaired) electrons. The first kappa shape index (κ1) is 15.3. The average molecular weight is 288 g/mol. The van der Waals surface area contributed by atoms with Crippen molar-refractivity contribution >= 4 is 11.8 Å². The summed E-state index contributed by atoms with van der Waals surface area (Å²) in [6.07, 6.45) is 2.07. The van der Waals surface area contributed by atoms with Crippen LogP contribution in [0.5, 0.6) is 0 Å². The Balaban J connectivity index is 1.93. The van der Waals surface area contributed by atoms with Crippen molar-refractivity contribution in [2.45, 2.75) is 19.6 Å². The van der Waals surface area contributed by atoms with Gasteiger partial charge in [0.05, 0.1) is 19.8 Å². The van der Waals surface area contributed by atoms with Crippen LogP contribution in [0.25, 0.3) is 0 Å². The second kappa shape index (κ2) is 7.04. The van der Waals surface area contributed by atoms with Gasteiger partial charge < -0.3 is 15.0 Å². The van der Waals surface area contributed by atoms with E-state index in [4.69, 9.17) is 4.74 Å². The van der Waals surface area contributed by atoms with Crippen molar-refractivity contribution in [3.63, 3.8) is 0 Å². The van der Waals surface area contributed by atoms with E-state index in [1.54, 1.807) is 7.05 Å². The van der Waals surface area contributed by atoms with Crippen LogP contribution in [0.3, 0.4) is 0 Å². The maximum atomic E-state index is 11.9. The van der Waals surface area contributed by atoms with Gasteiger partial charge in [-0.2, -0.15) is 0 Å². The monoisotopic (exact) mass is 288 g/mol. The highest BCUT2D eigenvalue weighted by Gasteiger charge is 2.14. The maximum absolute atomic E-state index is 11.9. The number of carbonyl (C=O) groups is 2. The van der Waals surface area contributed by atoms with Crippen molar-refractivity contribution in [2.24, 2.45) is 0 Å². The summed E-state index contributed by atoms with van der Waals surface area (Å²) in [5, 5.41) is 2.85. The Morgan fingerprint density at radius 1 is 1.48 bits per heavy atom. The van der Waals surface area contributed by atoms with Gasteiger partial charge in [0.1, 0.15) is 0 Å². The molecule has 0 unspecified atom stereocenters. The van der Waals surface area contributed by atoms with E-state index in [9.17, 15) is 9.59 Å². The number of rotatable bonds is 5. The van der Waals surface area contributed by atoms with Gasteiger partial charge in [0.25, 0.3) is 0 Å². The van der Waals surface area contributed by atoms with Gasteiger partial charge in [-0.05, 0) is 29.2 Å². The lowest BCUT2D eigenvalue weighted by Gasteiger charge is -2.20. The summed E-state index contributed by atoms with van der Waals surface area (Å²) in [5.41, 5.74) is 3.56. The summed E-state index contributed by atoms with van der Waals surface area (Å²) < 4.78 is 5.43. The Morgan fingerprint density at radius 3 is 3.05 bits per heavy atom. The van der Waals surface area contributed by atoms with E-state index in [0.29, 0.717) is 19.8 Å². The van der Waals surface area contributed by atoms with Crippen LogP contribution in [0.2, 0.25) is 0 Å². The number of ether oxygens (including phenoxy) is 1. The summed E-state index contributed by atoms with van der Waals surface area (Å²) in [4.78, 5) is 24.5. The first-order valence-electron chi connectivity index (χ1n) is 6.93. The first-order chi connectivity index (χ1) is 10.1. The van der Waals surface area contributed by atoms with Crippen LogP contribution >= 0.6 is 0 Å². The standard InChI is InChI=1S/C16H20N2O3/c1-3-16(20)18(2)10-15(19)17-9-12-5-4-6-13-11-21-8-7-14(12)13/h3-6H,1,7-11H2,2H3,(H,17,19). The molecule has 2 amide bonds. The molecule has 0 saturated carbocycles. The van der Waals surface area contributed by atoms with E-state index in [0.717, 1.165) is 12.0 Å². The van der Waals surface area contributed by atoms with E-state index in [2.05, 4.69) is 18.0 Å². The van der Waals surface area contributed by atoms with Crippen LogP contribution in [0.1, 0.15) is 16.7 Å². The Hall–Kier alpha value is -2.14. The van der Waals surface area contributed by atoms with Crippen LogP contribution in [-0.4, -0.2) is 36.9 Å². The average Bonchev–Trinajstić information content (AvgIpc) is 2.51. The molecule has 0 aromatic heterocycles. The molecule has 1 heterocycles. The van der Waals surface area contributed by atoms with Crippen molar-refractivity contribution in [1.82, 2.24) is 10.2 Å². The van der Waals surface area contributed by atoms with Crippen molar-refractivity contribution in [1.29, 1.82) is 0 Å². The minimum atomic E-state index is -0.264. The summed E-state index contributed by atoms with van der Waals surface area (Å²) >= 11 is 0. The summed E-state index contributed by atoms with van der Waals surface area (Å²) in [7, 11) is 1.57. The molecule has 5 nitrogen and oxygen atoms in total. The number of carbonyl (C=O) groups excluding carboxylic acids is 2. The highest BCUT2D eigenvalue weighted by Crippen LogP contribution is 2.20. The van der Waals surface area contributed by atoms with E-state index in [1.165, 1.54) is 22.1 Å². The second-order valence-corrected chi connectivity index (χ2v) is 5.03. The molecule has 112 valence electrons. The lowest BCUT2D eigenvalue weighted by Crippen LogP contribution is -2.37. The van der Waals surface area contributed by atoms with Gasteiger partial charge in [-0.3, -0.25) is 9.59 Å². The number of hydrogen-bond donors (Lipinski definition) is 1. The number of fused-ring (bicyclic) bond motifs is 1. The lowest BCUT2D eigenvalue weighted by atomic mass is 9.97. The summed E-state index contributed by atoms with van der Waals surface area (Å²) in [5.74, 6) is -0.447. The number of likely N-dealkylation sites (N-methyl/N-ethyl adjacent to an activating group) is 1. The zero-order chi connectivity index (χ0) is 15.2. The number of hydrogen-bond acceptors (Lipinski definition) is 3. The van der Waals surface area contributed by atoms with E-state index < -0.39 is 0 Å². The lowest BCUT2D eigenvalue weighted by molar-refractivity contribution is -0.131. The minimum Gasteiger partial charge on any atom is -0.376 e. The SMILES string of the molecule is C=CC(=O)N(C)CC(=O)NCc1cccc2c1CCOC2. The fraction of sp³-hybridized carbons (Fsp3) is 0.375. The third-order valence-electron chi connectivity index (χ3n) is 3.53. The van der Waals surface area contributed by atoms with Crippen LogP contribution < -0.4 is 5.32 Å². The highest BCUT2D eigenvalue weighted by atomic mass is 16.5. The molecule has 0 bridgehead atoms. The van der Waals surface area contributed by atoms with E-state index >= 15 is 0 Å². The molecule has 0 spiro atoms. The molecular weight excluding hydrogens is 268 g/mol. The van der Waals surface area contributed by atoms with Gasteiger partial charge >= 0.3 is 0 Å². The topological polar surface area (TPSA) is 58.6 Å². The predicted molar refractivity (Wildman–Crippen MR) is 79.5 cm³/mol. The van der Waals surface area contributed by atoms with Crippen LogP contribution in [0.15, 0.2) is 30.9 Å². The number of amides is 2. The molecule has 1 aliphatic rings.